The summed E-state index contributed by atoms with van der Waals surface area (Å²) in [5, 5.41) is 46.0. The predicted molar refractivity (Wildman–Crippen MR) is 109 cm³/mol. The molecule has 1 aromatic carbocycles. The fourth-order valence-electron chi connectivity index (χ4n) is 4.81. The highest BCUT2D eigenvalue weighted by Crippen LogP contribution is 2.47. The number of carbonyl (C=O) groups is 2. The number of aliphatic hydroxyl groups is 1. The maximum atomic E-state index is 13.2. The number of rotatable bonds is 4. The number of aromatic hydroxyl groups is 3. The molecule has 0 aromatic heterocycles. The van der Waals surface area contributed by atoms with E-state index in [0.717, 1.165) is 44.2 Å². The van der Waals surface area contributed by atoms with Crippen molar-refractivity contribution in [3.63, 3.8) is 0 Å². The second-order valence-electron chi connectivity index (χ2n) is 8.02. The third kappa shape index (κ3) is 2.86. The Morgan fingerprint density at radius 1 is 1.03 bits per heavy atom. The molecule has 1 atom stereocenters. The second-order valence-corrected chi connectivity index (χ2v) is 8.02. The van der Waals surface area contributed by atoms with Crippen LogP contribution in [0.3, 0.4) is 0 Å². The van der Waals surface area contributed by atoms with Crippen molar-refractivity contribution in [3.8, 4) is 17.2 Å². The minimum Gasteiger partial charge on any atom is -0.508 e. The molecule has 1 heterocycles. The molecule has 4 N–H and O–H groups in total. The van der Waals surface area contributed by atoms with Gasteiger partial charge in [0.05, 0.1) is 34.0 Å². The maximum Gasteiger partial charge on any atom is 0.277 e. The largest absolute Gasteiger partial charge is 0.508 e. The molecule has 0 radical (unpaired) electrons. The van der Waals surface area contributed by atoms with Crippen molar-refractivity contribution in [1.29, 1.82) is 0 Å². The molecule has 0 saturated heterocycles. The van der Waals surface area contributed by atoms with Gasteiger partial charge >= 0.3 is 0 Å². The fourth-order valence-corrected chi connectivity index (χ4v) is 4.81. The molecule has 1 unspecified atom stereocenters. The van der Waals surface area contributed by atoms with Gasteiger partial charge in [0.15, 0.2) is 0 Å². The average molecular weight is 412 g/mol. The van der Waals surface area contributed by atoms with Crippen molar-refractivity contribution >= 4 is 23.0 Å². The van der Waals surface area contributed by atoms with Crippen LogP contribution in [0.1, 0.15) is 51.5 Å². The van der Waals surface area contributed by atoms with E-state index in [1.54, 1.807) is 6.92 Å². The van der Waals surface area contributed by atoms with E-state index in [0.29, 0.717) is 11.6 Å². The molecular weight excluding hydrogens is 388 g/mol. The summed E-state index contributed by atoms with van der Waals surface area (Å²) in [6, 6.07) is 1.85. The van der Waals surface area contributed by atoms with Gasteiger partial charge in [-0.15, -0.1) is 0 Å². The van der Waals surface area contributed by atoms with Gasteiger partial charge in [-0.05, 0) is 32.1 Å². The molecule has 1 fully saturated rings. The lowest BCUT2D eigenvalue weighted by Gasteiger charge is -2.29. The lowest BCUT2D eigenvalue weighted by Crippen LogP contribution is -2.39. The molecule has 1 saturated carbocycles. The summed E-state index contributed by atoms with van der Waals surface area (Å²) in [4.78, 5) is 26.0. The van der Waals surface area contributed by atoms with Crippen LogP contribution in [0.4, 0.5) is 0 Å². The molecule has 0 bridgehead atoms. The van der Waals surface area contributed by atoms with E-state index >= 15 is 0 Å². The number of phenols is 3. The Bertz CT molecular complexity index is 1020. The number of amides is 1. The Labute approximate surface area is 173 Å². The second kappa shape index (κ2) is 7.19. The van der Waals surface area contributed by atoms with Gasteiger partial charge in [0.1, 0.15) is 23.0 Å². The van der Waals surface area contributed by atoms with Crippen LogP contribution < -0.4 is 0 Å². The number of hydrogen-bond acceptors (Lipinski definition) is 7. The first kappa shape index (κ1) is 20.0. The number of benzene rings is 1. The maximum absolute atomic E-state index is 13.2. The number of Topliss-reactive ketones (excluding diaryl/α,β-unsaturated/α-hetero) is 1. The monoisotopic (exact) mass is 412 g/mol. The molecule has 2 aliphatic carbocycles. The van der Waals surface area contributed by atoms with Crippen molar-refractivity contribution in [2.45, 2.75) is 52.0 Å². The van der Waals surface area contributed by atoms with Gasteiger partial charge in [0.2, 0.25) is 5.78 Å². The molecule has 8 heteroatoms. The normalized spacial score (nSPS) is 23.3. The highest BCUT2D eigenvalue weighted by atomic mass is 16.3. The van der Waals surface area contributed by atoms with E-state index in [1.165, 1.54) is 5.01 Å². The Hall–Kier alpha value is -3.29. The Kier molecular flexibility index (Phi) is 4.80. The zero-order valence-corrected chi connectivity index (χ0v) is 16.8. The average Bonchev–Trinajstić information content (AvgIpc) is 3.30. The first-order chi connectivity index (χ1) is 14.3. The molecular formula is C22H24N2O6. The van der Waals surface area contributed by atoms with Gasteiger partial charge in [-0.2, -0.15) is 5.10 Å². The lowest BCUT2D eigenvalue weighted by molar-refractivity contribution is -0.129. The smallest absolute Gasteiger partial charge is 0.277 e. The van der Waals surface area contributed by atoms with E-state index in [1.807, 2.05) is 6.92 Å². The van der Waals surface area contributed by atoms with Crippen LogP contribution >= 0.6 is 0 Å². The third-order valence-electron chi connectivity index (χ3n) is 6.23. The van der Waals surface area contributed by atoms with Crippen LogP contribution in [0.2, 0.25) is 0 Å². The Morgan fingerprint density at radius 2 is 1.63 bits per heavy atom. The summed E-state index contributed by atoms with van der Waals surface area (Å²) in [6.07, 6.45) is 5.08. The first-order valence-electron chi connectivity index (χ1n) is 10.1. The summed E-state index contributed by atoms with van der Waals surface area (Å²) >= 11 is 0. The molecule has 158 valence electrons. The number of hydrazone groups is 1. The molecule has 1 aromatic rings. The van der Waals surface area contributed by atoms with Crippen LogP contribution in [-0.2, 0) is 9.59 Å². The number of allylic oxidation sites excluding steroid dienone is 2. The third-order valence-corrected chi connectivity index (χ3v) is 6.23. The number of aliphatic hydroxyl groups excluding tert-OH is 1. The highest BCUT2D eigenvalue weighted by Gasteiger charge is 2.46. The number of phenolic OH excluding ortho intramolecular Hbond substituents is 3. The van der Waals surface area contributed by atoms with E-state index in [9.17, 15) is 30.0 Å². The molecule has 1 amide bonds. The Morgan fingerprint density at radius 3 is 2.17 bits per heavy atom. The van der Waals surface area contributed by atoms with Gasteiger partial charge in [-0.25, -0.2) is 5.01 Å². The zero-order valence-electron chi connectivity index (χ0n) is 16.8. The van der Waals surface area contributed by atoms with Gasteiger partial charge in [0, 0.05) is 12.1 Å². The van der Waals surface area contributed by atoms with E-state index in [4.69, 9.17) is 0 Å². The van der Waals surface area contributed by atoms with Crippen molar-refractivity contribution in [2.24, 2.45) is 11.0 Å². The van der Waals surface area contributed by atoms with E-state index in [-0.39, 0.29) is 34.1 Å². The lowest BCUT2D eigenvalue weighted by atomic mass is 9.79. The number of hydrogen-bond donors (Lipinski definition) is 4. The topological polar surface area (TPSA) is 131 Å². The minimum atomic E-state index is -0.669. The molecule has 0 spiro atoms. The zero-order chi connectivity index (χ0) is 21.7. The minimum absolute atomic E-state index is 0.0513. The van der Waals surface area contributed by atoms with E-state index < -0.39 is 28.9 Å². The summed E-state index contributed by atoms with van der Waals surface area (Å²) in [6.45, 7) is 3.63. The van der Waals surface area contributed by atoms with Crippen LogP contribution in [0.5, 0.6) is 17.2 Å². The van der Waals surface area contributed by atoms with Crippen LogP contribution in [0.25, 0.3) is 5.57 Å². The van der Waals surface area contributed by atoms with Crippen LogP contribution in [0, 0.1) is 5.92 Å². The summed E-state index contributed by atoms with van der Waals surface area (Å²) in [5.74, 6) is -2.70. The van der Waals surface area contributed by atoms with Crippen LogP contribution in [-0.4, -0.2) is 48.9 Å². The first-order valence-corrected chi connectivity index (χ1v) is 10.1. The predicted octanol–water partition coefficient (Wildman–Crippen LogP) is 3.14. The molecule has 4 rings (SSSR count). The molecule has 3 aliphatic rings. The Balaban J connectivity index is 1.74. The highest BCUT2D eigenvalue weighted by molar-refractivity contribution is 6.44. The number of carbonyl (C=O) groups excluding carboxylic acids is 2. The fraction of sp³-hybridized carbons (Fsp3) is 0.409. The van der Waals surface area contributed by atoms with Crippen molar-refractivity contribution in [3.05, 3.63) is 34.6 Å². The quantitative estimate of drug-likeness (QED) is 0.562. The molecule has 8 nitrogen and oxygen atoms in total. The van der Waals surface area contributed by atoms with Gasteiger partial charge in [0.25, 0.3) is 5.91 Å². The van der Waals surface area contributed by atoms with Gasteiger partial charge in [-0.1, -0.05) is 19.8 Å². The summed E-state index contributed by atoms with van der Waals surface area (Å²) in [7, 11) is 0. The number of ketones is 1. The summed E-state index contributed by atoms with van der Waals surface area (Å²) < 4.78 is 0. The van der Waals surface area contributed by atoms with Crippen LogP contribution in [0.15, 0.2) is 34.1 Å². The van der Waals surface area contributed by atoms with Crippen molar-refractivity contribution in [2.75, 3.05) is 0 Å². The van der Waals surface area contributed by atoms with Crippen molar-refractivity contribution < 1.29 is 30.0 Å². The molecule has 1 aliphatic heterocycles. The molecule has 30 heavy (non-hydrogen) atoms. The van der Waals surface area contributed by atoms with E-state index in [2.05, 4.69) is 5.10 Å². The van der Waals surface area contributed by atoms with Crippen molar-refractivity contribution in [1.82, 2.24) is 5.01 Å². The van der Waals surface area contributed by atoms with Gasteiger partial charge in [-0.3, -0.25) is 9.59 Å². The standard InChI is InChI=1S/C22H24N2O6/c1-3-13(11-6-4-5-7-11)24-22(30)16(10(2)23-24)18-20(28)19(21(18)29)17-14(26)8-12(25)9-15(17)27/h8-9,11,13,25-28H,3-7H2,1-2H3. The number of nitrogens with zero attached hydrogens (tertiary/aromatic N) is 2. The van der Waals surface area contributed by atoms with Gasteiger partial charge < -0.3 is 20.4 Å². The summed E-state index contributed by atoms with van der Waals surface area (Å²) in [5.41, 5.74) is -0.338. The SMILES string of the molecule is CCC(C1CCCC1)N1N=C(C)C(=C2C(=O)C(c3c(O)cc(O)cc3O)=C2O)C1=O.